The highest BCUT2D eigenvalue weighted by Gasteiger charge is 2.31. The molecule has 1 heterocycles. The van der Waals surface area contributed by atoms with Gasteiger partial charge in [-0.2, -0.15) is 0 Å². The summed E-state index contributed by atoms with van der Waals surface area (Å²) in [6.45, 7) is 3.89. The number of nitrogens with one attached hydrogen (secondary N) is 1. The summed E-state index contributed by atoms with van der Waals surface area (Å²) >= 11 is 0. The lowest BCUT2D eigenvalue weighted by Gasteiger charge is -2.36. The minimum absolute atomic E-state index is 0.349. The molecule has 20 heavy (non-hydrogen) atoms. The van der Waals surface area contributed by atoms with Gasteiger partial charge < -0.3 is 5.73 Å². The Kier molecular flexibility index (Phi) is 4.74. The number of urea groups is 1. The average molecular weight is 275 g/mol. The summed E-state index contributed by atoms with van der Waals surface area (Å²) < 4.78 is 0. The van der Waals surface area contributed by atoms with Crippen LogP contribution in [0, 0.1) is 5.92 Å². The van der Waals surface area contributed by atoms with Crippen LogP contribution in [0.25, 0.3) is 0 Å². The molecule has 2 rings (SSSR count). The van der Waals surface area contributed by atoms with Gasteiger partial charge in [-0.1, -0.05) is 37.3 Å². The standard InChI is InChI=1S/C15H21N3O2/c1-11-6-5-9-18(10-11)13(14(19)17-15(16)20)12-7-3-2-4-8-12/h2-4,7-8,11,13H,5-6,9-10H2,1H3,(H3,16,17,19,20)/t11-,13-/m0/s1. The number of piperidine rings is 1. The first-order valence-corrected chi connectivity index (χ1v) is 6.97. The van der Waals surface area contributed by atoms with Crippen LogP contribution >= 0.6 is 0 Å². The van der Waals surface area contributed by atoms with E-state index < -0.39 is 12.1 Å². The van der Waals surface area contributed by atoms with Gasteiger partial charge in [0.15, 0.2) is 0 Å². The molecule has 1 fully saturated rings. The number of nitrogens with zero attached hydrogens (tertiary/aromatic N) is 1. The van der Waals surface area contributed by atoms with Crippen LogP contribution < -0.4 is 11.1 Å². The summed E-state index contributed by atoms with van der Waals surface area (Å²) in [6.07, 6.45) is 2.24. The fraction of sp³-hybridized carbons (Fsp3) is 0.467. The van der Waals surface area contributed by atoms with Crippen LogP contribution in [-0.2, 0) is 4.79 Å². The maximum atomic E-state index is 12.3. The van der Waals surface area contributed by atoms with Crippen LogP contribution in [0.15, 0.2) is 30.3 Å². The molecule has 108 valence electrons. The van der Waals surface area contributed by atoms with Gasteiger partial charge in [-0.3, -0.25) is 15.0 Å². The Hall–Kier alpha value is -1.88. The Bertz CT molecular complexity index is 475. The molecule has 1 saturated heterocycles. The summed E-state index contributed by atoms with van der Waals surface area (Å²) in [4.78, 5) is 25.4. The van der Waals surface area contributed by atoms with E-state index in [-0.39, 0.29) is 5.91 Å². The fourth-order valence-electron chi connectivity index (χ4n) is 2.81. The third-order valence-corrected chi connectivity index (χ3v) is 3.66. The van der Waals surface area contributed by atoms with Crippen LogP contribution in [0.4, 0.5) is 4.79 Å². The number of amides is 3. The third-order valence-electron chi connectivity index (χ3n) is 3.66. The number of rotatable bonds is 3. The predicted molar refractivity (Wildman–Crippen MR) is 76.9 cm³/mol. The van der Waals surface area contributed by atoms with E-state index in [1.807, 2.05) is 30.3 Å². The molecule has 2 atom stereocenters. The number of benzene rings is 1. The molecule has 0 aliphatic carbocycles. The zero-order valence-corrected chi connectivity index (χ0v) is 11.7. The van der Waals surface area contributed by atoms with Gasteiger partial charge in [0.1, 0.15) is 6.04 Å². The Balaban J connectivity index is 2.24. The first kappa shape index (κ1) is 14.5. The molecule has 1 aromatic carbocycles. The van der Waals surface area contributed by atoms with Crippen molar-refractivity contribution in [1.29, 1.82) is 0 Å². The van der Waals surface area contributed by atoms with Crippen LogP contribution in [0.5, 0.6) is 0 Å². The minimum atomic E-state index is -0.805. The van der Waals surface area contributed by atoms with Crippen LogP contribution in [0.1, 0.15) is 31.4 Å². The lowest BCUT2D eigenvalue weighted by atomic mass is 9.96. The molecule has 0 spiro atoms. The molecule has 3 N–H and O–H groups in total. The van der Waals surface area contributed by atoms with E-state index in [2.05, 4.69) is 17.1 Å². The van der Waals surface area contributed by atoms with Gasteiger partial charge >= 0.3 is 6.03 Å². The van der Waals surface area contributed by atoms with E-state index >= 15 is 0 Å². The third kappa shape index (κ3) is 3.57. The fourth-order valence-corrected chi connectivity index (χ4v) is 2.81. The number of likely N-dealkylation sites (tertiary alicyclic amines) is 1. The number of hydrogen-bond acceptors (Lipinski definition) is 3. The second-order valence-electron chi connectivity index (χ2n) is 5.41. The molecule has 0 radical (unpaired) electrons. The van der Waals surface area contributed by atoms with E-state index in [9.17, 15) is 9.59 Å². The predicted octanol–water partition coefficient (Wildman–Crippen LogP) is 1.65. The molecule has 0 bridgehead atoms. The highest BCUT2D eigenvalue weighted by atomic mass is 16.2. The number of carbonyl (C=O) groups excluding carboxylic acids is 2. The molecule has 1 aliphatic heterocycles. The average Bonchev–Trinajstić information content (AvgIpc) is 2.39. The Morgan fingerprint density at radius 1 is 1.35 bits per heavy atom. The van der Waals surface area contributed by atoms with Crippen molar-refractivity contribution >= 4 is 11.9 Å². The molecular weight excluding hydrogens is 254 g/mol. The lowest BCUT2D eigenvalue weighted by Crippen LogP contribution is -2.47. The topological polar surface area (TPSA) is 75.4 Å². The maximum absolute atomic E-state index is 12.3. The Morgan fingerprint density at radius 3 is 2.65 bits per heavy atom. The summed E-state index contributed by atoms with van der Waals surface area (Å²) in [7, 11) is 0. The van der Waals surface area contributed by atoms with Crippen LogP contribution in [0.2, 0.25) is 0 Å². The number of carbonyl (C=O) groups is 2. The summed E-state index contributed by atoms with van der Waals surface area (Å²) in [6, 6.07) is 8.26. The van der Waals surface area contributed by atoms with Crippen molar-refractivity contribution in [3.05, 3.63) is 35.9 Å². The van der Waals surface area contributed by atoms with Crippen molar-refractivity contribution in [2.45, 2.75) is 25.8 Å². The van der Waals surface area contributed by atoms with E-state index in [0.717, 1.165) is 25.1 Å². The molecule has 1 aromatic rings. The summed E-state index contributed by atoms with van der Waals surface area (Å²) in [5.74, 6) is 0.203. The van der Waals surface area contributed by atoms with Gasteiger partial charge in [0.2, 0.25) is 5.91 Å². The molecule has 5 nitrogen and oxygen atoms in total. The van der Waals surface area contributed by atoms with E-state index in [0.29, 0.717) is 5.92 Å². The number of nitrogens with two attached hydrogens (primary N) is 1. The number of hydrogen-bond donors (Lipinski definition) is 2. The number of imide groups is 1. The minimum Gasteiger partial charge on any atom is -0.351 e. The van der Waals surface area contributed by atoms with Crippen molar-refractivity contribution in [3.63, 3.8) is 0 Å². The molecule has 3 amide bonds. The second-order valence-corrected chi connectivity index (χ2v) is 5.41. The molecular formula is C15H21N3O2. The van der Waals surface area contributed by atoms with Gasteiger partial charge in [0.05, 0.1) is 0 Å². The highest BCUT2D eigenvalue weighted by Crippen LogP contribution is 2.26. The highest BCUT2D eigenvalue weighted by molar-refractivity contribution is 5.96. The normalized spacial score (nSPS) is 21.1. The molecule has 0 aromatic heterocycles. The van der Waals surface area contributed by atoms with E-state index in [1.54, 1.807) is 0 Å². The quantitative estimate of drug-likeness (QED) is 0.880. The first-order valence-electron chi connectivity index (χ1n) is 6.97. The lowest BCUT2D eigenvalue weighted by molar-refractivity contribution is -0.126. The van der Waals surface area contributed by atoms with Crippen LogP contribution in [0.3, 0.4) is 0 Å². The monoisotopic (exact) mass is 275 g/mol. The van der Waals surface area contributed by atoms with Crippen molar-refractivity contribution < 1.29 is 9.59 Å². The smallest absolute Gasteiger partial charge is 0.318 e. The largest absolute Gasteiger partial charge is 0.351 e. The molecule has 1 aliphatic rings. The summed E-state index contributed by atoms with van der Waals surface area (Å²) in [5, 5.41) is 2.21. The Labute approximate surface area is 119 Å². The van der Waals surface area contributed by atoms with Gasteiger partial charge in [-0.15, -0.1) is 0 Å². The first-order chi connectivity index (χ1) is 9.58. The molecule has 0 unspecified atom stereocenters. The zero-order chi connectivity index (χ0) is 14.5. The maximum Gasteiger partial charge on any atom is 0.318 e. The summed E-state index contributed by atoms with van der Waals surface area (Å²) in [5.41, 5.74) is 5.97. The van der Waals surface area contributed by atoms with Gasteiger partial charge in [-0.05, 0) is 30.9 Å². The van der Waals surface area contributed by atoms with Crippen LogP contribution in [-0.4, -0.2) is 29.9 Å². The van der Waals surface area contributed by atoms with Crippen molar-refractivity contribution in [2.75, 3.05) is 13.1 Å². The van der Waals surface area contributed by atoms with E-state index in [1.165, 1.54) is 6.42 Å². The van der Waals surface area contributed by atoms with Gasteiger partial charge in [0.25, 0.3) is 0 Å². The van der Waals surface area contributed by atoms with Gasteiger partial charge in [0, 0.05) is 6.54 Å². The zero-order valence-electron chi connectivity index (χ0n) is 11.7. The van der Waals surface area contributed by atoms with Crippen molar-refractivity contribution in [3.8, 4) is 0 Å². The SMILES string of the molecule is C[C@H]1CCCN([C@H](C(=O)NC(N)=O)c2ccccc2)C1. The molecule has 0 saturated carbocycles. The van der Waals surface area contributed by atoms with Crippen molar-refractivity contribution in [1.82, 2.24) is 10.2 Å². The number of primary amides is 1. The Morgan fingerprint density at radius 2 is 2.05 bits per heavy atom. The second kappa shape index (κ2) is 6.52. The molecule has 5 heteroatoms. The van der Waals surface area contributed by atoms with Gasteiger partial charge in [-0.25, -0.2) is 4.79 Å². The van der Waals surface area contributed by atoms with Crippen molar-refractivity contribution in [2.24, 2.45) is 11.7 Å². The van der Waals surface area contributed by atoms with E-state index in [4.69, 9.17) is 5.73 Å².